The van der Waals surface area contributed by atoms with Crippen LogP contribution >= 0.6 is 11.8 Å². The zero-order valence-electron chi connectivity index (χ0n) is 16.6. The summed E-state index contributed by atoms with van der Waals surface area (Å²) in [4.78, 5) is 30.2. The fraction of sp³-hybridized carbons (Fsp3) is 0.391. The highest BCUT2D eigenvalue weighted by Gasteiger charge is 2.46. The molecule has 2 aromatic rings. The molecule has 1 aliphatic carbocycles. The molecule has 4 rings (SSSR count). The van der Waals surface area contributed by atoms with Crippen molar-refractivity contribution >= 4 is 23.6 Å². The SMILES string of the molecule is COc1ccccc1SCC(=O)N1CCN(C(=O)[C@@H]2C[C@H]2c2ccccc2)CC1. The van der Waals surface area contributed by atoms with E-state index < -0.39 is 0 Å². The number of ether oxygens (including phenoxy) is 1. The van der Waals surface area contributed by atoms with Crippen LogP contribution in [0.1, 0.15) is 17.9 Å². The van der Waals surface area contributed by atoms with Gasteiger partial charge in [0.25, 0.3) is 0 Å². The molecule has 29 heavy (non-hydrogen) atoms. The average Bonchev–Trinajstić information content (AvgIpc) is 3.59. The number of thioether (sulfide) groups is 1. The van der Waals surface area contributed by atoms with Gasteiger partial charge in [-0.25, -0.2) is 0 Å². The number of carbonyl (C=O) groups is 2. The van der Waals surface area contributed by atoms with Gasteiger partial charge in [-0.05, 0) is 30.0 Å². The third kappa shape index (κ3) is 4.58. The van der Waals surface area contributed by atoms with E-state index in [-0.39, 0.29) is 17.7 Å². The molecule has 0 N–H and O–H groups in total. The Morgan fingerprint density at radius 2 is 1.62 bits per heavy atom. The van der Waals surface area contributed by atoms with Crippen LogP contribution in [0.25, 0.3) is 0 Å². The van der Waals surface area contributed by atoms with Crippen LogP contribution in [0.2, 0.25) is 0 Å². The molecule has 5 nitrogen and oxygen atoms in total. The van der Waals surface area contributed by atoms with Gasteiger partial charge in [0.05, 0.1) is 12.9 Å². The van der Waals surface area contributed by atoms with Crippen molar-refractivity contribution in [3.63, 3.8) is 0 Å². The fourth-order valence-electron chi connectivity index (χ4n) is 3.92. The van der Waals surface area contributed by atoms with Crippen LogP contribution in [-0.4, -0.2) is 60.7 Å². The van der Waals surface area contributed by atoms with Gasteiger partial charge in [-0.15, -0.1) is 11.8 Å². The number of amides is 2. The highest BCUT2D eigenvalue weighted by Crippen LogP contribution is 2.48. The normalized spacial score (nSPS) is 21.0. The summed E-state index contributed by atoms with van der Waals surface area (Å²) in [6.45, 7) is 2.48. The Bertz CT molecular complexity index is 865. The van der Waals surface area contributed by atoms with Gasteiger partial charge in [-0.2, -0.15) is 0 Å². The molecule has 6 heteroatoms. The average molecular weight is 411 g/mol. The number of carbonyl (C=O) groups excluding carboxylic acids is 2. The first kappa shape index (κ1) is 19.8. The number of rotatable bonds is 6. The molecule has 0 spiro atoms. The van der Waals surface area contributed by atoms with Crippen molar-refractivity contribution in [1.29, 1.82) is 0 Å². The molecule has 1 saturated heterocycles. The van der Waals surface area contributed by atoms with Crippen molar-refractivity contribution in [3.8, 4) is 5.75 Å². The van der Waals surface area contributed by atoms with Gasteiger partial charge >= 0.3 is 0 Å². The molecule has 152 valence electrons. The summed E-state index contributed by atoms with van der Waals surface area (Å²) < 4.78 is 5.34. The summed E-state index contributed by atoms with van der Waals surface area (Å²) in [5, 5.41) is 0. The number of hydrogen-bond acceptors (Lipinski definition) is 4. The van der Waals surface area contributed by atoms with Crippen molar-refractivity contribution in [2.24, 2.45) is 5.92 Å². The third-order valence-corrected chi connectivity index (χ3v) is 6.74. The predicted molar refractivity (Wildman–Crippen MR) is 114 cm³/mol. The van der Waals surface area contributed by atoms with Crippen molar-refractivity contribution in [2.45, 2.75) is 17.2 Å². The Kier molecular flexibility index (Phi) is 6.09. The largest absolute Gasteiger partial charge is 0.496 e. The standard InChI is InChI=1S/C23H26N2O3S/c1-28-20-9-5-6-10-21(20)29-16-22(26)24-11-13-25(14-12-24)23(27)19-15-18(19)17-7-3-2-4-8-17/h2-10,18-19H,11-16H2,1H3/t18-,19+/m0/s1. The molecule has 2 aliphatic rings. The zero-order chi connectivity index (χ0) is 20.2. The van der Waals surface area contributed by atoms with Crippen molar-refractivity contribution in [3.05, 3.63) is 60.2 Å². The minimum absolute atomic E-state index is 0.112. The van der Waals surface area contributed by atoms with Crippen LogP contribution in [0.5, 0.6) is 5.75 Å². The first-order chi connectivity index (χ1) is 14.2. The summed E-state index contributed by atoms with van der Waals surface area (Å²) >= 11 is 1.50. The maximum absolute atomic E-state index is 12.8. The van der Waals surface area contributed by atoms with Crippen LogP contribution in [-0.2, 0) is 9.59 Å². The van der Waals surface area contributed by atoms with Crippen LogP contribution in [0.15, 0.2) is 59.5 Å². The van der Waals surface area contributed by atoms with E-state index in [4.69, 9.17) is 4.74 Å². The third-order valence-electron chi connectivity index (χ3n) is 5.70. The maximum atomic E-state index is 12.8. The van der Waals surface area contributed by atoms with Crippen LogP contribution in [0, 0.1) is 5.92 Å². The minimum Gasteiger partial charge on any atom is -0.496 e. The second kappa shape index (κ2) is 8.91. The van der Waals surface area contributed by atoms with Gasteiger partial charge in [0.1, 0.15) is 5.75 Å². The van der Waals surface area contributed by atoms with Gasteiger partial charge in [0.2, 0.25) is 11.8 Å². The predicted octanol–water partition coefficient (Wildman–Crippen LogP) is 3.26. The highest BCUT2D eigenvalue weighted by molar-refractivity contribution is 8.00. The van der Waals surface area contributed by atoms with Gasteiger partial charge in [-0.3, -0.25) is 9.59 Å². The molecule has 2 aromatic carbocycles. The Morgan fingerprint density at radius 1 is 0.966 bits per heavy atom. The van der Waals surface area contributed by atoms with Gasteiger partial charge in [0, 0.05) is 37.0 Å². The molecule has 1 heterocycles. The second-order valence-corrected chi connectivity index (χ2v) is 8.52. The van der Waals surface area contributed by atoms with E-state index in [9.17, 15) is 9.59 Å². The molecular weight excluding hydrogens is 384 g/mol. The Morgan fingerprint density at radius 3 is 2.34 bits per heavy atom. The van der Waals surface area contributed by atoms with E-state index in [1.54, 1.807) is 7.11 Å². The highest BCUT2D eigenvalue weighted by atomic mass is 32.2. The van der Waals surface area contributed by atoms with E-state index >= 15 is 0 Å². The molecule has 0 aromatic heterocycles. The van der Waals surface area contributed by atoms with Crippen molar-refractivity contribution in [2.75, 3.05) is 39.0 Å². The fourth-order valence-corrected chi connectivity index (χ4v) is 4.85. The van der Waals surface area contributed by atoms with E-state index in [1.165, 1.54) is 17.3 Å². The first-order valence-electron chi connectivity index (χ1n) is 10.0. The van der Waals surface area contributed by atoms with E-state index in [0.717, 1.165) is 17.1 Å². The summed E-state index contributed by atoms with van der Waals surface area (Å²) in [6.07, 6.45) is 0.942. The second-order valence-electron chi connectivity index (χ2n) is 7.50. The maximum Gasteiger partial charge on any atom is 0.233 e. The summed E-state index contributed by atoms with van der Waals surface area (Å²) in [5.74, 6) is 2.00. The summed E-state index contributed by atoms with van der Waals surface area (Å²) in [7, 11) is 1.64. The van der Waals surface area contributed by atoms with E-state index in [1.807, 2.05) is 52.3 Å². The molecule has 1 aliphatic heterocycles. The molecule has 1 saturated carbocycles. The lowest BCUT2D eigenvalue weighted by molar-refractivity contribution is -0.139. The number of benzene rings is 2. The molecule has 2 fully saturated rings. The van der Waals surface area contributed by atoms with Crippen molar-refractivity contribution in [1.82, 2.24) is 9.80 Å². The molecule has 2 atom stereocenters. The zero-order valence-corrected chi connectivity index (χ0v) is 17.4. The number of hydrogen-bond donors (Lipinski definition) is 0. The van der Waals surface area contributed by atoms with Crippen LogP contribution in [0.3, 0.4) is 0 Å². The van der Waals surface area contributed by atoms with E-state index in [2.05, 4.69) is 12.1 Å². The lowest BCUT2D eigenvalue weighted by Gasteiger charge is -2.35. The van der Waals surface area contributed by atoms with Crippen LogP contribution < -0.4 is 4.74 Å². The number of para-hydroxylation sites is 1. The van der Waals surface area contributed by atoms with Gasteiger partial charge in [0.15, 0.2) is 0 Å². The number of nitrogens with zero attached hydrogens (tertiary/aromatic N) is 2. The molecule has 0 bridgehead atoms. The molecular formula is C23H26N2O3S. The first-order valence-corrected chi connectivity index (χ1v) is 11.0. The smallest absolute Gasteiger partial charge is 0.233 e. The monoisotopic (exact) mass is 410 g/mol. The Balaban J connectivity index is 1.24. The summed E-state index contributed by atoms with van der Waals surface area (Å²) in [6, 6.07) is 18.0. The van der Waals surface area contributed by atoms with Crippen molar-refractivity contribution < 1.29 is 14.3 Å². The quantitative estimate of drug-likeness (QED) is 0.686. The lowest BCUT2D eigenvalue weighted by Crippen LogP contribution is -2.51. The topological polar surface area (TPSA) is 49.9 Å². The Labute approximate surface area is 176 Å². The lowest BCUT2D eigenvalue weighted by atomic mass is 10.1. The Hall–Kier alpha value is -2.47. The number of methoxy groups -OCH3 is 1. The minimum atomic E-state index is 0.112. The van der Waals surface area contributed by atoms with E-state index in [0.29, 0.717) is 37.8 Å². The van der Waals surface area contributed by atoms with Crippen LogP contribution in [0.4, 0.5) is 0 Å². The van der Waals surface area contributed by atoms with Gasteiger partial charge in [-0.1, -0.05) is 42.5 Å². The molecule has 0 unspecified atom stereocenters. The molecule has 0 radical (unpaired) electrons. The molecule has 2 amide bonds. The number of piperazine rings is 1. The summed E-state index contributed by atoms with van der Waals surface area (Å²) in [5.41, 5.74) is 1.26. The van der Waals surface area contributed by atoms with Gasteiger partial charge < -0.3 is 14.5 Å².